The maximum absolute atomic E-state index is 12.4. The van der Waals surface area contributed by atoms with Crippen LogP contribution in [0, 0.1) is 0 Å². The lowest BCUT2D eigenvalue weighted by atomic mass is 10.0. The molecule has 0 fully saturated rings. The monoisotopic (exact) mass is 862 g/mol. The van der Waals surface area contributed by atoms with E-state index in [9.17, 15) is 19.8 Å². The molecule has 0 aromatic heterocycles. The van der Waals surface area contributed by atoms with Gasteiger partial charge in [0, 0.05) is 12.8 Å². The van der Waals surface area contributed by atoms with Gasteiger partial charge in [0.05, 0.1) is 25.4 Å². The van der Waals surface area contributed by atoms with E-state index in [1.807, 2.05) is 6.08 Å². The highest BCUT2D eigenvalue weighted by atomic mass is 16.5. The van der Waals surface area contributed by atoms with Gasteiger partial charge in [-0.25, -0.2) is 0 Å². The number of carbonyl (C=O) groups excluding carboxylic acids is 2. The van der Waals surface area contributed by atoms with Gasteiger partial charge in [-0.05, 0) is 32.1 Å². The molecule has 0 rings (SSSR count). The molecule has 6 nitrogen and oxygen atoms in total. The summed E-state index contributed by atoms with van der Waals surface area (Å²) in [7, 11) is 0. The van der Waals surface area contributed by atoms with Crippen LogP contribution in [0.1, 0.15) is 303 Å². The Morgan fingerprint density at radius 2 is 0.754 bits per heavy atom. The summed E-state index contributed by atoms with van der Waals surface area (Å²) in [5.41, 5.74) is 0. The van der Waals surface area contributed by atoms with E-state index in [-0.39, 0.29) is 18.5 Å². The molecule has 0 aliphatic heterocycles. The summed E-state index contributed by atoms with van der Waals surface area (Å²) in [6.45, 7) is 4.90. The first kappa shape index (κ1) is 59.6. The van der Waals surface area contributed by atoms with Crippen molar-refractivity contribution in [1.29, 1.82) is 0 Å². The van der Waals surface area contributed by atoms with Crippen molar-refractivity contribution < 1.29 is 24.5 Å². The number of carbonyl (C=O) groups is 2. The van der Waals surface area contributed by atoms with Gasteiger partial charge in [0.1, 0.15) is 0 Å². The third-order valence-electron chi connectivity index (χ3n) is 12.8. The van der Waals surface area contributed by atoms with Crippen molar-refractivity contribution >= 4 is 11.9 Å². The largest absolute Gasteiger partial charge is 0.466 e. The molecule has 0 radical (unpaired) electrons. The topological polar surface area (TPSA) is 95.9 Å². The van der Waals surface area contributed by atoms with E-state index in [1.54, 1.807) is 6.08 Å². The molecule has 0 aliphatic rings. The Morgan fingerprint density at radius 3 is 1.11 bits per heavy atom. The number of nitrogens with one attached hydrogen (secondary N) is 1. The Balaban J connectivity index is 3.41. The Hall–Kier alpha value is -1.40. The van der Waals surface area contributed by atoms with E-state index >= 15 is 0 Å². The van der Waals surface area contributed by atoms with Gasteiger partial charge in [-0.15, -0.1) is 0 Å². The molecule has 0 bridgehead atoms. The molecule has 362 valence electrons. The number of hydrogen-bond donors (Lipinski definition) is 3. The van der Waals surface area contributed by atoms with Crippen LogP contribution in [0.4, 0.5) is 0 Å². The maximum atomic E-state index is 12.4. The van der Waals surface area contributed by atoms with Gasteiger partial charge in [0.15, 0.2) is 0 Å². The molecular weight excluding hydrogens is 755 g/mol. The smallest absolute Gasteiger partial charge is 0.305 e. The van der Waals surface area contributed by atoms with Crippen molar-refractivity contribution in [3.05, 3.63) is 12.2 Å². The van der Waals surface area contributed by atoms with E-state index in [0.717, 1.165) is 44.9 Å². The zero-order valence-electron chi connectivity index (χ0n) is 41.2. The molecule has 61 heavy (non-hydrogen) atoms. The lowest BCUT2D eigenvalue weighted by Gasteiger charge is -2.20. The second-order valence-corrected chi connectivity index (χ2v) is 18.9. The van der Waals surface area contributed by atoms with Crippen LogP contribution in [0.2, 0.25) is 0 Å². The van der Waals surface area contributed by atoms with Gasteiger partial charge in [-0.2, -0.15) is 0 Å². The zero-order valence-corrected chi connectivity index (χ0v) is 41.2. The molecule has 0 aliphatic carbocycles. The van der Waals surface area contributed by atoms with Gasteiger partial charge in [-0.3, -0.25) is 9.59 Å². The lowest BCUT2D eigenvalue weighted by molar-refractivity contribution is -0.143. The minimum Gasteiger partial charge on any atom is -0.466 e. The summed E-state index contributed by atoms with van der Waals surface area (Å²) >= 11 is 0. The summed E-state index contributed by atoms with van der Waals surface area (Å²) in [4.78, 5) is 24.5. The normalized spacial score (nSPS) is 12.7. The van der Waals surface area contributed by atoms with Gasteiger partial charge in [0.25, 0.3) is 0 Å². The quantitative estimate of drug-likeness (QED) is 0.0322. The first-order valence-electron chi connectivity index (χ1n) is 27.5. The molecule has 3 N–H and O–H groups in total. The summed E-state index contributed by atoms with van der Waals surface area (Å²) in [6, 6.07) is -0.631. The molecule has 0 aromatic rings. The number of ether oxygens (including phenoxy) is 1. The fourth-order valence-corrected chi connectivity index (χ4v) is 8.58. The molecule has 0 saturated heterocycles. The van der Waals surface area contributed by atoms with Crippen LogP contribution in [0.25, 0.3) is 0 Å². The fourth-order valence-electron chi connectivity index (χ4n) is 8.58. The molecule has 6 heteroatoms. The SMILES string of the molecule is CCCCCCCCCCCC/C=C/C(O)C(CO)NC(=O)CCCCCCCCCCCCCCCCCCOC(=O)CCCCCCCCCCCCCCCCCC. The van der Waals surface area contributed by atoms with Crippen molar-refractivity contribution in [3.8, 4) is 0 Å². The van der Waals surface area contributed by atoms with Gasteiger partial charge in [-0.1, -0.05) is 270 Å². The highest BCUT2D eigenvalue weighted by Gasteiger charge is 2.18. The number of aliphatic hydroxyl groups is 2. The Morgan fingerprint density at radius 1 is 0.443 bits per heavy atom. The van der Waals surface area contributed by atoms with Gasteiger partial charge in [0.2, 0.25) is 5.91 Å². The summed E-state index contributed by atoms with van der Waals surface area (Å²) in [5, 5.41) is 23.0. The fraction of sp³-hybridized carbons (Fsp3) is 0.927. The van der Waals surface area contributed by atoms with Crippen LogP contribution in [-0.4, -0.2) is 47.4 Å². The van der Waals surface area contributed by atoms with Crippen LogP contribution in [0.3, 0.4) is 0 Å². The Kier molecular flexibility index (Phi) is 50.1. The van der Waals surface area contributed by atoms with Crippen LogP contribution < -0.4 is 5.32 Å². The van der Waals surface area contributed by atoms with Crippen LogP contribution >= 0.6 is 0 Å². The number of hydrogen-bond acceptors (Lipinski definition) is 5. The minimum atomic E-state index is -0.847. The number of allylic oxidation sites excluding steroid dienone is 1. The second-order valence-electron chi connectivity index (χ2n) is 18.9. The maximum Gasteiger partial charge on any atom is 0.305 e. The van der Waals surface area contributed by atoms with Crippen LogP contribution in [0.5, 0.6) is 0 Å². The molecular formula is C55H107NO5. The average Bonchev–Trinajstić information content (AvgIpc) is 3.26. The Bertz CT molecular complexity index is 909. The number of rotatable bonds is 51. The van der Waals surface area contributed by atoms with Gasteiger partial charge < -0.3 is 20.3 Å². The summed E-state index contributed by atoms with van der Waals surface area (Å²) < 4.78 is 5.48. The molecule has 2 atom stereocenters. The van der Waals surface area contributed by atoms with Crippen molar-refractivity contribution in [2.75, 3.05) is 13.2 Å². The third kappa shape index (κ3) is 47.9. The zero-order chi connectivity index (χ0) is 44.4. The van der Waals surface area contributed by atoms with Crippen molar-refractivity contribution in [1.82, 2.24) is 5.32 Å². The second kappa shape index (κ2) is 51.2. The molecule has 0 aromatic carbocycles. The third-order valence-corrected chi connectivity index (χ3v) is 12.8. The standard InChI is InChI=1S/C55H107NO5/c1-3-5-7-9-11-13-15-17-18-22-25-29-33-37-41-45-49-55(60)61-50-46-42-38-34-30-26-23-20-19-21-24-28-32-36-40-44-48-54(59)56-52(51-57)53(58)47-43-39-35-31-27-16-14-12-10-8-6-4-2/h43,47,52-53,57-58H,3-42,44-46,48-51H2,1-2H3,(H,56,59)/b47-43+. The van der Waals surface area contributed by atoms with Crippen molar-refractivity contribution in [3.63, 3.8) is 0 Å². The predicted octanol–water partition coefficient (Wildman–Crippen LogP) is 16.5. The number of aliphatic hydroxyl groups excluding tert-OH is 2. The highest BCUT2D eigenvalue weighted by Crippen LogP contribution is 2.17. The summed E-state index contributed by atoms with van der Waals surface area (Å²) in [6.07, 6.45) is 59.3. The average molecular weight is 862 g/mol. The van der Waals surface area contributed by atoms with Crippen LogP contribution in [0.15, 0.2) is 12.2 Å². The lowest BCUT2D eigenvalue weighted by Crippen LogP contribution is -2.45. The van der Waals surface area contributed by atoms with Crippen molar-refractivity contribution in [2.24, 2.45) is 0 Å². The van der Waals surface area contributed by atoms with Crippen LogP contribution in [-0.2, 0) is 14.3 Å². The molecule has 0 saturated carbocycles. The highest BCUT2D eigenvalue weighted by molar-refractivity contribution is 5.76. The molecule has 0 spiro atoms. The van der Waals surface area contributed by atoms with E-state index in [1.165, 1.54) is 231 Å². The van der Waals surface area contributed by atoms with E-state index < -0.39 is 12.1 Å². The first-order valence-corrected chi connectivity index (χ1v) is 27.5. The van der Waals surface area contributed by atoms with Crippen molar-refractivity contribution in [2.45, 2.75) is 315 Å². The first-order chi connectivity index (χ1) is 30.0. The predicted molar refractivity (Wildman–Crippen MR) is 264 cm³/mol. The molecule has 1 amide bonds. The van der Waals surface area contributed by atoms with E-state index in [2.05, 4.69) is 19.2 Å². The molecule has 2 unspecified atom stereocenters. The number of amides is 1. The minimum absolute atomic E-state index is 0.00573. The summed E-state index contributed by atoms with van der Waals surface area (Å²) in [5.74, 6) is -0.0687. The Labute approximate surface area is 380 Å². The number of esters is 1. The number of unbranched alkanes of at least 4 members (excludes halogenated alkanes) is 40. The van der Waals surface area contributed by atoms with Gasteiger partial charge >= 0.3 is 5.97 Å². The van der Waals surface area contributed by atoms with E-state index in [4.69, 9.17) is 4.74 Å². The van der Waals surface area contributed by atoms with E-state index in [0.29, 0.717) is 19.4 Å². The molecule has 0 heterocycles.